The van der Waals surface area contributed by atoms with Gasteiger partial charge in [-0.3, -0.25) is 9.59 Å². The van der Waals surface area contributed by atoms with Gasteiger partial charge in [0.05, 0.1) is 37.9 Å². The van der Waals surface area contributed by atoms with E-state index in [4.69, 9.17) is 14.2 Å². The van der Waals surface area contributed by atoms with E-state index in [1.807, 2.05) is 73.7 Å². The highest BCUT2D eigenvalue weighted by molar-refractivity contribution is 6.46. The van der Waals surface area contributed by atoms with Crippen LogP contribution >= 0.6 is 0 Å². The lowest BCUT2D eigenvalue weighted by molar-refractivity contribution is -0.907. The number of morpholine rings is 1. The number of carbonyl (C=O) groups excluding carboxylic acids is 2. The van der Waals surface area contributed by atoms with Crippen molar-refractivity contribution in [3.8, 4) is 17.2 Å². The zero-order chi connectivity index (χ0) is 27.6. The van der Waals surface area contributed by atoms with Crippen LogP contribution in [-0.4, -0.2) is 67.2 Å². The van der Waals surface area contributed by atoms with E-state index >= 15 is 0 Å². The smallest absolute Gasteiger partial charge is 0.295 e. The molecule has 2 fully saturated rings. The molecule has 0 unspecified atom stereocenters. The Kier molecular flexibility index (Phi) is 7.28. The average molecular weight is 542 g/mol. The second kappa shape index (κ2) is 11.2. The molecular weight excluding hydrogens is 508 g/mol. The first-order valence-electron chi connectivity index (χ1n) is 13.8. The Balaban J connectivity index is 1.38. The molecule has 0 radical (unpaired) electrons. The molecule has 0 saturated carbocycles. The number of likely N-dealkylation sites (tertiary alicyclic amines) is 1. The van der Waals surface area contributed by atoms with Crippen molar-refractivity contribution in [3.63, 3.8) is 0 Å². The van der Waals surface area contributed by atoms with E-state index in [1.54, 1.807) is 11.0 Å². The molecule has 206 valence electrons. The summed E-state index contributed by atoms with van der Waals surface area (Å²) < 4.78 is 17.4. The van der Waals surface area contributed by atoms with Crippen molar-refractivity contribution in [1.82, 2.24) is 4.90 Å². The molecular formula is C32H33N2O6+. The number of nitrogens with zero attached hydrogens (tertiary/aromatic N) is 1. The number of ketones is 1. The molecule has 2 atom stereocenters. The number of rotatable bonds is 7. The van der Waals surface area contributed by atoms with Gasteiger partial charge in [0.15, 0.2) is 0 Å². The van der Waals surface area contributed by atoms with Crippen LogP contribution < -0.4 is 14.4 Å². The summed E-state index contributed by atoms with van der Waals surface area (Å²) in [5.41, 5.74) is 2.25. The van der Waals surface area contributed by atoms with Gasteiger partial charge in [0, 0.05) is 12.0 Å². The van der Waals surface area contributed by atoms with E-state index in [2.05, 4.69) is 0 Å². The number of para-hydroxylation sites is 1. The van der Waals surface area contributed by atoms with Crippen LogP contribution in [0.2, 0.25) is 0 Å². The summed E-state index contributed by atoms with van der Waals surface area (Å²) in [6.45, 7) is 6.11. The van der Waals surface area contributed by atoms with Crippen molar-refractivity contribution in [2.75, 3.05) is 39.4 Å². The lowest BCUT2D eigenvalue weighted by Crippen LogP contribution is -3.14. The molecule has 0 bridgehead atoms. The molecule has 8 nitrogen and oxygen atoms in total. The minimum atomic E-state index is -0.747. The van der Waals surface area contributed by atoms with E-state index < -0.39 is 17.7 Å². The predicted octanol–water partition coefficient (Wildman–Crippen LogP) is 3.14. The largest absolute Gasteiger partial charge is 0.507 e. The van der Waals surface area contributed by atoms with Crippen LogP contribution in [0.1, 0.15) is 29.7 Å². The van der Waals surface area contributed by atoms with Crippen LogP contribution in [-0.2, 0) is 20.7 Å². The van der Waals surface area contributed by atoms with Crippen molar-refractivity contribution in [2.24, 2.45) is 0 Å². The summed E-state index contributed by atoms with van der Waals surface area (Å²) in [5.74, 6) is 0.572. The topological polar surface area (TPSA) is 89.7 Å². The van der Waals surface area contributed by atoms with E-state index in [9.17, 15) is 14.7 Å². The van der Waals surface area contributed by atoms with Crippen LogP contribution in [0.25, 0.3) is 5.76 Å². The third-order valence-electron chi connectivity index (χ3n) is 7.77. The molecule has 3 aromatic carbocycles. The number of fused-ring (bicyclic) bond motifs is 1. The third kappa shape index (κ3) is 5.20. The lowest BCUT2D eigenvalue weighted by Gasteiger charge is -2.29. The molecule has 40 heavy (non-hydrogen) atoms. The molecule has 3 aliphatic rings. The summed E-state index contributed by atoms with van der Waals surface area (Å²) in [7, 11) is 0. The van der Waals surface area contributed by atoms with Crippen molar-refractivity contribution < 1.29 is 33.8 Å². The van der Waals surface area contributed by atoms with Crippen LogP contribution in [0, 0.1) is 0 Å². The summed E-state index contributed by atoms with van der Waals surface area (Å²) in [4.78, 5) is 29.9. The van der Waals surface area contributed by atoms with Gasteiger partial charge < -0.3 is 29.1 Å². The Bertz CT molecular complexity index is 1450. The molecule has 2 saturated heterocycles. The Labute approximate surface area is 233 Å². The van der Waals surface area contributed by atoms with E-state index in [0.29, 0.717) is 48.9 Å². The molecule has 6 rings (SSSR count). The minimum absolute atomic E-state index is 0.0491. The first-order chi connectivity index (χ1) is 19.5. The summed E-state index contributed by atoms with van der Waals surface area (Å²) in [5, 5.41) is 11.6. The number of aliphatic hydroxyl groups is 1. The summed E-state index contributed by atoms with van der Waals surface area (Å²) >= 11 is 0. The fourth-order valence-corrected chi connectivity index (χ4v) is 5.74. The van der Waals surface area contributed by atoms with Crippen LogP contribution in [0.5, 0.6) is 17.2 Å². The zero-order valence-corrected chi connectivity index (χ0v) is 22.5. The van der Waals surface area contributed by atoms with E-state index in [1.165, 1.54) is 4.90 Å². The number of benzene rings is 3. The Morgan fingerprint density at radius 2 is 1.77 bits per heavy atom. The highest BCUT2D eigenvalue weighted by atomic mass is 16.5. The molecule has 3 aliphatic heterocycles. The van der Waals surface area contributed by atoms with Crippen molar-refractivity contribution >= 4 is 17.4 Å². The molecule has 1 amide bonds. The number of nitrogens with one attached hydrogen (secondary N) is 1. The van der Waals surface area contributed by atoms with E-state index in [0.717, 1.165) is 30.8 Å². The van der Waals surface area contributed by atoms with Gasteiger partial charge >= 0.3 is 0 Å². The maximum atomic E-state index is 13.5. The van der Waals surface area contributed by atoms with Gasteiger partial charge in [-0.05, 0) is 60.5 Å². The quantitative estimate of drug-likeness (QED) is 0.272. The minimum Gasteiger partial charge on any atom is -0.507 e. The van der Waals surface area contributed by atoms with Gasteiger partial charge in [0.2, 0.25) is 0 Å². The zero-order valence-electron chi connectivity index (χ0n) is 22.5. The van der Waals surface area contributed by atoms with E-state index in [-0.39, 0.29) is 17.4 Å². The molecule has 3 aromatic rings. The van der Waals surface area contributed by atoms with Gasteiger partial charge in [0.1, 0.15) is 42.2 Å². The number of carbonyl (C=O) groups is 2. The van der Waals surface area contributed by atoms with Crippen LogP contribution in [0.4, 0.5) is 0 Å². The number of hydrogen-bond acceptors (Lipinski definition) is 6. The first-order valence-corrected chi connectivity index (χ1v) is 13.8. The Morgan fingerprint density at radius 3 is 2.58 bits per heavy atom. The number of hydrogen-bond donors (Lipinski definition) is 2. The molecule has 0 spiro atoms. The molecule has 0 aromatic heterocycles. The van der Waals surface area contributed by atoms with Crippen LogP contribution in [0.15, 0.2) is 78.4 Å². The lowest BCUT2D eigenvalue weighted by atomic mass is 9.94. The van der Waals surface area contributed by atoms with Gasteiger partial charge in [0.25, 0.3) is 11.7 Å². The van der Waals surface area contributed by atoms with Crippen molar-refractivity contribution in [2.45, 2.75) is 25.5 Å². The normalized spacial score (nSPS) is 22.3. The number of amides is 1. The summed E-state index contributed by atoms with van der Waals surface area (Å²) in [6, 6.07) is 21.5. The highest BCUT2D eigenvalue weighted by Crippen LogP contribution is 2.41. The summed E-state index contributed by atoms with van der Waals surface area (Å²) in [6.07, 6.45) is 0.767. The van der Waals surface area contributed by atoms with Crippen molar-refractivity contribution in [3.05, 3.63) is 95.1 Å². The number of aliphatic hydroxyl groups excluding tert-OH is 1. The first kappa shape index (κ1) is 26.1. The number of quaternary nitrogens is 1. The second-order valence-corrected chi connectivity index (χ2v) is 10.5. The Morgan fingerprint density at radius 1 is 1.00 bits per heavy atom. The molecule has 2 N–H and O–H groups in total. The SMILES string of the molecule is C[C@@H]1Cc2cc(C(O)=C3C(=O)C(=O)N(CC[NH+]4CCOCC4)[C@@H]3c3cccc(Oc4ccccc4)c3)ccc2O1. The monoisotopic (exact) mass is 541 g/mol. The fraction of sp³-hybridized carbons (Fsp3) is 0.312. The number of ether oxygens (including phenoxy) is 3. The standard InChI is InChI=1S/C32H32N2O6/c1-21-18-24-19-23(10-11-27(24)39-21)30(35)28-29(22-6-5-9-26(20-22)40-25-7-3-2-4-8-25)34(32(37)31(28)36)13-12-33-14-16-38-17-15-33/h2-11,19-21,29,35H,12-18H2,1H3/p+1/t21-,29-/m1/s1. The Hall–Kier alpha value is -4.14. The van der Waals surface area contributed by atoms with Crippen molar-refractivity contribution in [1.29, 1.82) is 0 Å². The molecule has 0 aliphatic carbocycles. The maximum Gasteiger partial charge on any atom is 0.295 e. The molecule has 3 heterocycles. The predicted molar refractivity (Wildman–Crippen MR) is 149 cm³/mol. The van der Waals surface area contributed by atoms with Gasteiger partial charge in [-0.15, -0.1) is 0 Å². The number of Topliss-reactive ketones (excluding diaryl/α,β-unsaturated/α-hetero) is 1. The molecule has 8 heteroatoms. The maximum absolute atomic E-state index is 13.5. The van der Waals surface area contributed by atoms with Gasteiger partial charge in [-0.1, -0.05) is 30.3 Å². The van der Waals surface area contributed by atoms with Gasteiger partial charge in [-0.2, -0.15) is 0 Å². The van der Waals surface area contributed by atoms with Crippen LogP contribution in [0.3, 0.4) is 0 Å². The second-order valence-electron chi connectivity index (χ2n) is 10.5. The van der Waals surface area contributed by atoms with Gasteiger partial charge in [-0.25, -0.2) is 0 Å². The fourth-order valence-electron chi connectivity index (χ4n) is 5.74. The highest BCUT2D eigenvalue weighted by Gasteiger charge is 2.46. The average Bonchev–Trinajstić information content (AvgIpc) is 3.47. The third-order valence-corrected chi connectivity index (χ3v) is 7.77.